The Morgan fingerprint density at radius 1 is 0.348 bits per heavy atom. The van der Waals surface area contributed by atoms with Gasteiger partial charge in [0.1, 0.15) is 0 Å². The van der Waals surface area contributed by atoms with E-state index in [1.165, 1.54) is 276 Å². The van der Waals surface area contributed by atoms with Crippen LogP contribution in [-0.2, 0) is 14.3 Å². The lowest BCUT2D eigenvalue weighted by Gasteiger charge is -2.22. The van der Waals surface area contributed by atoms with Crippen molar-refractivity contribution in [1.29, 1.82) is 0 Å². The fourth-order valence-electron chi connectivity index (χ4n) is 10.3. The van der Waals surface area contributed by atoms with Crippen molar-refractivity contribution in [1.82, 2.24) is 5.32 Å². The highest BCUT2D eigenvalue weighted by atomic mass is 16.5. The Hall–Kier alpha value is -1.14. The third-order valence-electron chi connectivity index (χ3n) is 15.2. The molecule has 0 aliphatic carbocycles. The summed E-state index contributed by atoms with van der Waals surface area (Å²) in [6.45, 7) is 4.96. The minimum atomic E-state index is -0.674. The largest absolute Gasteiger partial charge is 0.466 e. The number of hydrogen-bond acceptors (Lipinski definition) is 5. The lowest BCUT2D eigenvalue weighted by Crippen LogP contribution is -2.45. The Labute approximate surface area is 432 Å². The molecule has 2 unspecified atom stereocenters. The third kappa shape index (κ3) is 56.0. The Morgan fingerprint density at radius 2 is 0.594 bits per heavy atom. The maximum atomic E-state index is 12.5. The Morgan fingerprint density at radius 3 is 0.884 bits per heavy atom. The highest BCUT2D eigenvalue weighted by Gasteiger charge is 2.20. The molecule has 0 aromatic heterocycles. The quantitative estimate of drug-likeness (QED) is 0.0417. The summed E-state index contributed by atoms with van der Waals surface area (Å²) in [7, 11) is 0. The number of aliphatic hydroxyl groups is 2. The first kappa shape index (κ1) is 67.9. The van der Waals surface area contributed by atoms with Crippen LogP contribution in [0.4, 0.5) is 0 Å². The van der Waals surface area contributed by atoms with E-state index in [1.54, 1.807) is 0 Å². The van der Waals surface area contributed by atoms with Crippen LogP contribution in [0.15, 0.2) is 0 Å². The van der Waals surface area contributed by atoms with Crippen LogP contribution in [-0.4, -0.2) is 47.4 Å². The minimum absolute atomic E-state index is 0.00392. The van der Waals surface area contributed by atoms with E-state index >= 15 is 0 Å². The molecule has 0 rings (SSSR count). The van der Waals surface area contributed by atoms with E-state index in [4.69, 9.17) is 4.74 Å². The molecule has 3 N–H and O–H groups in total. The summed E-state index contributed by atoms with van der Waals surface area (Å²) in [6.07, 6.45) is 69.7. The van der Waals surface area contributed by atoms with E-state index in [-0.39, 0.29) is 18.5 Å². The van der Waals surface area contributed by atoms with Gasteiger partial charge in [-0.05, 0) is 25.7 Å². The summed E-state index contributed by atoms with van der Waals surface area (Å²) < 4.78 is 5.48. The lowest BCUT2D eigenvalue weighted by atomic mass is 10.0. The summed E-state index contributed by atoms with van der Waals surface area (Å²) >= 11 is 0. The van der Waals surface area contributed by atoms with Crippen molar-refractivity contribution in [2.24, 2.45) is 0 Å². The van der Waals surface area contributed by atoms with E-state index in [9.17, 15) is 19.8 Å². The smallest absolute Gasteiger partial charge is 0.305 e. The molecule has 0 radical (unpaired) electrons. The lowest BCUT2D eigenvalue weighted by molar-refractivity contribution is -0.143. The van der Waals surface area contributed by atoms with Crippen LogP contribution in [0.25, 0.3) is 0 Å². The van der Waals surface area contributed by atoms with Gasteiger partial charge in [-0.1, -0.05) is 328 Å². The summed E-state index contributed by atoms with van der Waals surface area (Å²) in [5, 5.41) is 23.4. The molecule has 2 atom stereocenters. The monoisotopic (exact) mass is 976 g/mol. The minimum Gasteiger partial charge on any atom is -0.466 e. The zero-order chi connectivity index (χ0) is 50.0. The maximum Gasteiger partial charge on any atom is 0.305 e. The molecule has 0 bridgehead atoms. The Balaban J connectivity index is 3.42. The van der Waals surface area contributed by atoms with E-state index in [2.05, 4.69) is 19.2 Å². The van der Waals surface area contributed by atoms with E-state index in [1.807, 2.05) is 0 Å². The molecule has 0 aromatic carbocycles. The highest BCUT2D eigenvalue weighted by Crippen LogP contribution is 2.19. The van der Waals surface area contributed by atoms with Gasteiger partial charge in [-0.25, -0.2) is 0 Å². The molecule has 0 aliphatic rings. The van der Waals surface area contributed by atoms with Gasteiger partial charge in [0.2, 0.25) is 5.91 Å². The molecule has 0 saturated carbocycles. The molecule has 0 heterocycles. The van der Waals surface area contributed by atoms with Crippen LogP contribution in [0, 0.1) is 0 Å². The van der Waals surface area contributed by atoms with E-state index in [0.717, 1.165) is 57.8 Å². The summed E-state index contributed by atoms with van der Waals surface area (Å²) in [4.78, 5) is 24.6. The number of amides is 1. The molecule has 6 heteroatoms. The summed E-state index contributed by atoms with van der Waals surface area (Å²) in [6, 6.07) is -0.553. The van der Waals surface area contributed by atoms with Crippen molar-refractivity contribution in [2.75, 3.05) is 13.2 Å². The number of aliphatic hydroxyl groups excluding tert-OH is 2. The number of ether oxygens (including phenoxy) is 1. The van der Waals surface area contributed by atoms with Crippen molar-refractivity contribution >= 4 is 11.9 Å². The van der Waals surface area contributed by atoms with Gasteiger partial charge in [0.25, 0.3) is 0 Å². The summed E-state index contributed by atoms with van der Waals surface area (Å²) in [5.41, 5.74) is 0. The number of carbonyl (C=O) groups is 2. The summed E-state index contributed by atoms with van der Waals surface area (Å²) in [5.74, 6) is -0.0489. The van der Waals surface area contributed by atoms with Crippen molar-refractivity contribution in [3.05, 3.63) is 0 Å². The van der Waals surface area contributed by atoms with E-state index in [0.29, 0.717) is 25.9 Å². The first-order valence-corrected chi connectivity index (χ1v) is 31.8. The zero-order valence-electron chi connectivity index (χ0n) is 47.1. The van der Waals surface area contributed by atoms with Gasteiger partial charge >= 0.3 is 5.97 Å². The number of nitrogens with one attached hydrogen (secondary N) is 1. The number of carbonyl (C=O) groups excluding carboxylic acids is 2. The molecule has 69 heavy (non-hydrogen) atoms. The molecule has 1 amide bonds. The first-order valence-electron chi connectivity index (χ1n) is 31.8. The van der Waals surface area contributed by atoms with Gasteiger partial charge in [-0.2, -0.15) is 0 Å². The van der Waals surface area contributed by atoms with E-state index < -0.39 is 12.1 Å². The Kier molecular flexibility index (Phi) is 58.4. The van der Waals surface area contributed by atoms with Gasteiger partial charge in [0.05, 0.1) is 25.4 Å². The van der Waals surface area contributed by atoms with Gasteiger partial charge in [0.15, 0.2) is 0 Å². The zero-order valence-corrected chi connectivity index (χ0v) is 47.1. The SMILES string of the molecule is CCCCCCCCCCCCCCCCCCCCCCCCCCC(O)C(CO)NC(=O)CCCCCCCCCCCCCCOC(=O)CCCCCCCCCCCCCCCCCC. The standard InChI is InChI=1S/C63H125NO5/c1-3-5-7-9-11-13-15-17-19-21-22-23-24-25-26-27-28-29-31-35-39-43-47-51-55-61(66)60(59-65)64-62(67)56-52-48-44-40-36-33-34-38-42-46-50-54-58-69-63(68)57-53-49-45-41-37-32-30-20-18-16-14-12-10-8-6-4-2/h60-61,65-66H,3-59H2,1-2H3,(H,64,67). The second-order valence-corrected chi connectivity index (χ2v) is 22.1. The van der Waals surface area contributed by atoms with Crippen LogP contribution < -0.4 is 5.32 Å². The van der Waals surface area contributed by atoms with Crippen LogP contribution in [0.1, 0.15) is 367 Å². The van der Waals surface area contributed by atoms with Crippen molar-refractivity contribution in [2.45, 2.75) is 379 Å². The van der Waals surface area contributed by atoms with Gasteiger partial charge in [0, 0.05) is 12.8 Å². The predicted molar refractivity (Wildman–Crippen MR) is 301 cm³/mol. The predicted octanol–water partition coefficient (Wildman–Crippen LogP) is 19.9. The highest BCUT2D eigenvalue weighted by molar-refractivity contribution is 5.76. The normalized spacial score (nSPS) is 12.5. The number of hydrogen-bond donors (Lipinski definition) is 3. The third-order valence-corrected chi connectivity index (χ3v) is 15.2. The maximum absolute atomic E-state index is 12.5. The van der Waals surface area contributed by atoms with Gasteiger partial charge < -0.3 is 20.3 Å². The number of unbranched alkanes of at least 4 members (excludes halogenated alkanes) is 49. The van der Waals surface area contributed by atoms with Crippen LogP contribution in [0.5, 0.6) is 0 Å². The number of rotatable bonds is 60. The van der Waals surface area contributed by atoms with Gasteiger partial charge in [-0.3, -0.25) is 9.59 Å². The van der Waals surface area contributed by atoms with Crippen molar-refractivity contribution < 1.29 is 24.5 Å². The molecule has 0 aromatic rings. The molecule has 0 aliphatic heterocycles. The first-order chi connectivity index (χ1) is 34.0. The van der Waals surface area contributed by atoms with Crippen molar-refractivity contribution in [3.8, 4) is 0 Å². The van der Waals surface area contributed by atoms with Crippen LogP contribution >= 0.6 is 0 Å². The molecule has 0 spiro atoms. The molecular weight excluding hydrogens is 851 g/mol. The molecule has 0 saturated heterocycles. The van der Waals surface area contributed by atoms with Crippen LogP contribution in [0.2, 0.25) is 0 Å². The topological polar surface area (TPSA) is 95.9 Å². The average molecular weight is 977 g/mol. The molecule has 6 nitrogen and oxygen atoms in total. The molecular formula is C63H125NO5. The van der Waals surface area contributed by atoms with Gasteiger partial charge in [-0.15, -0.1) is 0 Å². The second-order valence-electron chi connectivity index (χ2n) is 22.1. The average Bonchev–Trinajstić information content (AvgIpc) is 3.35. The fourth-order valence-corrected chi connectivity index (χ4v) is 10.3. The van der Waals surface area contributed by atoms with Crippen LogP contribution in [0.3, 0.4) is 0 Å². The van der Waals surface area contributed by atoms with Crippen molar-refractivity contribution in [3.63, 3.8) is 0 Å². The second kappa shape index (κ2) is 59.4. The Bertz CT molecular complexity index is 990. The molecule has 0 fully saturated rings. The molecule has 412 valence electrons. The fraction of sp³-hybridized carbons (Fsp3) is 0.968. The number of esters is 1.